The Morgan fingerprint density at radius 2 is 1.90 bits per heavy atom. The summed E-state index contributed by atoms with van der Waals surface area (Å²) in [4.78, 5) is 0. The average Bonchev–Trinajstić information content (AvgIpc) is 2.51. The van der Waals surface area contributed by atoms with Crippen LogP contribution in [0.3, 0.4) is 0 Å². The van der Waals surface area contributed by atoms with Gasteiger partial charge in [0, 0.05) is 0 Å². The first-order chi connectivity index (χ1) is 9.67. The quantitative estimate of drug-likeness (QED) is 0.691. The van der Waals surface area contributed by atoms with E-state index in [1.807, 2.05) is 13.0 Å². The molecule has 2 rings (SSSR count). The second-order valence-electron chi connectivity index (χ2n) is 5.57. The maximum atomic E-state index is 9.36. The minimum Gasteiger partial charge on any atom is -0.197 e. The second kappa shape index (κ2) is 6.39. The molecule has 0 N–H and O–H groups in total. The lowest BCUT2D eigenvalue weighted by atomic mass is 9.85. The van der Waals surface area contributed by atoms with E-state index in [4.69, 9.17) is 0 Å². The Morgan fingerprint density at radius 1 is 1.15 bits per heavy atom. The van der Waals surface area contributed by atoms with Crippen molar-refractivity contribution in [1.82, 2.24) is 0 Å². The van der Waals surface area contributed by atoms with E-state index in [0.29, 0.717) is 0 Å². The lowest BCUT2D eigenvalue weighted by Gasteiger charge is -2.16. The Morgan fingerprint density at radius 3 is 2.60 bits per heavy atom. The molecule has 0 aliphatic rings. The van der Waals surface area contributed by atoms with Gasteiger partial charge in [-0.25, -0.2) is 0 Å². The Labute approximate surface area is 121 Å². The summed E-state index contributed by atoms with van der Waals surface area (Å²) in [5, 5.41) is 11.8. The van der Waals surface area contributed by atoms with Gasteiger partial charge < -0.3 is 0 Å². The number of rotatable bonds is 5. The largest absolute Gasteiger partial charge is 0.197 e. The molecule has 0 spiro atoms. The fraction of sp³-hybridized carbons (Fsp3) is 0.316. The summed E-state index contributed by atoms with van der Waals surface area (Å²) < 4.78 is 0. The van der Waals surface area contributed by atoms with Gasteiger partial charge in [-0.1, -0.05) is 68.3 Å². The maximum Gasteiger partial charge on any atom is 0.0728 e. The van der Waals surface area contributed by atoms with Crippen molar-refractivity contribution in [2.75, 3.05) is 0 Å². The van der Waals surface area contributed by atoms with E-state index >= 15 is 0 Å². The van der Waals surface area contributed by atoms with E-state index in [1.54, 1.807) is 0 Å². The Kier molecular flexibility index (Phi) is 4.58. The third kappa shape index (κ3) is 3.48. The molecule has 0 saturated heterocycles. The molecule has 20 heavy (non-hydrogen) atoms. The minimum atomic E-state index is -0.359. The number of nitriles is 1. The van der Waals surface area contributed by atoms with Gasteiger partial charge >= 0.3 is 0 Å². The second-order valence-corrected chi connectivity index (χ2v) is 5.57. The Balaban J connectivity index is 2.22. The van der Waals surface area contributed by atoms with Crippen LogP contribution in [-0.2, 0) is 0 Å². The van der Waals surface area contributed by atoms with Crippen molar-refractivity contribution in [2.24, 2.45) is 5.41 Å². The first kappa shape index (κ1) is 14.3. The van der Waals surface area contributed by atoms with Gasteiger partial charge in [-0.05, 0) is 35.7 Å². The average molecular weight is 263 g/mol. The molecule has 0 aliphatic heterocycles. The number of hydrogen-bond donors (Lipinski definition) is 0. The lowest BCUT2D eigenvalue weighted by Crippen LogP contribution is -2.09. The van der Waals surface area contributed by atoms with Gasteiger partial charge in [-0.3, -0.25) is 0 Å². The standard InChI is InChI=1S/C19H21N/c1-3-4-12-19(2,15-20)13-11-16-9-10-17-7-5-6-8-18(17)14-16/h5-11,13-14H,3-4,12H2,1-2H3/b13-11+. The van der Waals surface area contributed by atoms with E-state index in [9.17, 15) is 5.26 Å². The number of allylic oxidation sites excluding steroid dienone is 1. The van der Waals surface area contributed by atoms with Crippen LogP contribution >= 0.6 is 0 Å². The molecule has 0 bridgehead atoms. The summed E-state index contributed by atoms with van der Waals surface area (Å²) in [6.07, 6.45) is 7.26. The van der Waals surface area contributed by atoms with Gasteiger partial charge in [-0.15, -0.1) is 0 Å². The number of fused-ring (bicyclic) bond motifs is 1. The van der Waals surface area contributed by atoms with Crippen LogP contribution in [0, 0.1) is 16.7 Å². The summed E-state index contributed by atoms with van der Waals surface area (Å²) in [6, 6.07) is 17.2. The van der Waals surface area contributed by atoms with Gasteiger partial charge in [0.05, 0.1) is 11.5 Å². The molecular formula is C19H21N. The third-order valence-electron chi connectivity index (χ3n) is 3.72. The summed E-state index contributed by atoms with van der Waals surface area (Å²) in [7, 11) is 0. The van der Waals surface area contributed by atoms with Crippen LogP contribution in [0.15, 0.2) is 48.5 Å². The molecule has 0 fully saturated rings. The van der Waals surface area contributed by atoms with Crippen LogP contribution in [-0.4, -0.2) is 0 Å². The number of unbranched alkanes of at least 4 members (excludes halogenated alkanes) is 1. The molecule has 0 heterocycles. The van der Waals surface area contributed by atoms with Crippen LogP contribution in [0.1, 0.15) is 38.7 Å². The fourth-order valence-electron chi connectivity index (χ4n) is 2.31. The highest BCUT2D eigenvalue weighted by Gasteiger charge is 2.18. The third-order valence-corrected chi connectivity index (χ3v) is 3.72. The molecule has 0 aliphatic carbocycles. The van der Waals surface area contributed by atoms with Crippen LogP contribution in [0.5, 0.6) is 0 Å². The van der Waals surface area contributed by atoms with Crippen molar-refractivity contribution < 1.29 is 0 Å². The molecule has 0 radical (unpaired) electrons. The first-order valence-corrected chi connectivity index (χ1v) is 7.26. The van der Waals surface area contributed by atoms with Crippen molar-refractivity contribution in [3.63, 3.8) is 0 Å². The summed E-state index contributed by atoms with van der Waals surface area (Å²) >= 11 is 0. The van der Waals surface area contributed by atoms with Crippen molar-refractivity contribution in [2.45, 2.75) is 33.1 Å². The highest BCUT2D eigenvalue weighted by molar-refractivity contribution is 5.84. The van der Waals surface area contributed by atoms with Gasteiger partial charge in [0.2, 0.25) is 0 Å². The highest BCUT2D eigenvalue weighted by Crippen LogP contribution is 2.26. The summed E-state index contributed by atoms with van der Waals surface area (Å²) in [5.74, 6) is 0. The van der Waals surface area contributed by atoms with E-state index in [-0.39, 0.29) is 5.41 Å². The van der Waals surface area contributed by atoms with Gasteiger partial charge in [0.15, 0.2) is 0 Å². The van der Waals surface area contributed by atoms with E-state index in [2.05, 4.69) is 61.5 Å². The van der Waals surface area contributed by atoms with Crippen molar-refractivity contribution in [3.05, 3.63) is 54.1 Å². The number of hydrogen-bond acceptors (Lipinski definition) is 1. The monoisotopic (exact) mass is 263 g/mol. The molecule has 0 aromatic heterocycles. The predicted octanol–water partition coefficient (Wildman–Crippen LogP) is 5.57. The molecule has 1 atom stereocenters. The molecule has 0 saturated carbocycles. The van der Waals surface area contributed by atoms with Gasteiger partial charge in [0.25, 0.3) is 0 Å². The molecule has 2 aromatic carbocycles. The topological polar surface area (TPSA) is 23.8 Å². The van der Waals surface area contributed by atoms with Crippen molar-refractivity contribution in [1.29, 1.82) is 5.26 Å². The normalized spacial score (nSPS) is 14.2. The zero-order valence-corrected chi connectivity index (χ0v) is 12.3. The van der Waals surface area contributed by atoms with Crippen LogP contribution < -0.4 is 0 Å². The SMILES string of the molecule is CCCCC(C)(C#N)/C=C/c1ccc2ccccc2c1. The van der Waals surface area contributed by atoms with Gasteiger partial charge in [0.1, 0.15) is 0 Å². The molecule has 102 valence electrons. The van der Waals surface area contributed by atoms with E-state index < -0.39 is 0 Å². The summed E-state index contributed by atoms with van der Waals surface area (Å²) in [6.45, 7) is 4.17. The molecule has 1 nitrogen and oxygen atoms in total. The lowest BCUT2D eigenvalue weighted by molar-refractivity contribution is 0.489. The molecule has 1 heteroatoms. The molecular weight excluding hydrogens is 242 g/mol. The molecule has 0 amide bonds. The van der Waals surface area contributed by atoms with Crippen molar-refractivity contribution >= 4 is 16.8 Å². The minimum absolute atomic E-state index is 0.359. The first-order valence-electron chi connectivity index (χ1n) is 7.26. The van der Waals surface area contributed by atoms with Crippen LogP contribution in [0.25, 0.3) is 16.8 Å². The maximum absolute atomic E-state index is 9.36. The zero-order chi connectivity index (χ0) is 14.4. The molecule has 2 aromatic rings. The Bertz CT molecular complexity index is 648. The Hall–Kier alpha value is -2.07. The summed E-state index contributed by atoms with van der Waals surface area (Å²) in [5.41, 5.74) is 0.795. The number of nitrogens with zero attached hydrogens (tertiary/aromatic N) is 1. The fourth-order valence-corrected chi connectivity index (χ4v) is 2.31. The van der Waals surface area contributed by atoms with Crippen molar-refractivity contribution in [3.8, 4) is 6.07 Å². The number of benzene rings is 2. The smallest absolute Gasteiger partial charge is 0.0728 e. The highest BCUT2D eigenvalue weighted by atomic mass is 14.3. The molecule has 1 unspecified atom stereocenters. The van der Waals surface area contributed by atoms with E-state index in [0.717, 1.165) is 24.8 Å². The van der Waals surface area contributed by atoms with E-state index in [1.165, 1.54) is 10.8 Å². The van der Waals surface area contributed by atoms with Crippen LogP contribution in [0.4, 0.5) is 0 Å². The van der Waals surface area contributed by atoms with Gasteiger partial charge in [-0.2, -0.15) is 5.26 Å². The zero-order valence-electron chi connectivity index (χ0n) is 12.3. The van der Waals surface area contributed by atoms with Crippen LogP contribution in [0.2, 0.25) is 0 Å². The predicted molar refractivity (Wildman–Crippen MR) is 86.2 cm³/mol.